The van der Waals surface area contributed by atoms with Gasteiger partial charge in [-0.3, -0.25) is 19.2 Å². The van der Waals surface area contributed by atoms with E-state index >= 15 is 0 Å². The zero-order valence-electron chi connectivity index (χ0n) is 15.5. The van der Waals surface area contributed by atoms with Crippen molar-refractivity contribution in [2.24, 2.45) is 12.8 Å². The topological polar surface area (TPSA) is 73.3 Å². The molecule has 0 radical (unpaired) electrons. The Labute approximate surface area is 153 Å². The summed E-state index contributed by atoms with van der Waals surface area (Å²) in [6.45, 7) is 1.05. The SMILES string of the molecule is Cn1c2cccc(C(N)=O)c2c(=O)n1C1CCCCN1C1CCCCC1. The lowest BCUT2D eigenvalue weighted by atomic mass is 9.92. The number of nitrogens with two attached hydrogens (primary N) is 1. The second-order valence-corrected chi connectivity index (χ2v) is 7.74. The quantitative estimate of drug-likeness (QED) is 0.919. The summed E-state index contributed by atoms with van der Waals surface area (Å²) >= 11 is 0. The third kappa shape index (κ3) is 2.76. The molecular formula is C20H28N4O2. The Bertz CT molecular complexity index is 876. The van der Waals surface area contributed by atoms with E-state index < -0.39 is 5.91 Å². The van der Waals surface area contributed by atoms with Gasteiger partial charge in [0.15, 0.2) is 0 Å². The van der Waals surface area contributed by atoms with E-state index in [2.05, 4.69) is 4.90 Å². The van der Waals surface area contributed by atoms with Crippen LogP contribution in [-0.4, -0.2) is 32.8 Å². The van der Waals surface area contributed by atoms with Crippen molar-refractivity contribution in [2.45, 2.75) is 63.6 Å². The Morgan fingerprint density at radius 3 is 2.54 bits per heavy atom. The molecule has 6 heteroatoms. The van der Waals surface area contributed by atoms with Crippen molar-refractivity contribution in [3.05, 3.63) is 34.1 Å². The van der Waals surface area contributed by atoms with Gasteiger partial charge in [0.1, 0.15) is 6.17 Å². The summed E-state index contributed by atoms with van der Waals surface area (Å²) in [6, 6.07) is 5.91. The maximum absolute atomic E-state index is 13.3. The molecule has 2 N–H and O–H groups in total. The molecule has 1 saturated carbocycles. The number of carbonyl (C=O) groups excluding carboxylic acids is 1. The van der Waals surface area contributed by atoms with Crippen LogP contribution in [0.25, 0.3) is 10.9 Å². The molecule has 26 heavy (non-hydrogen) atoms. The molecule has 1 aliphatic carbocycles. The lowest BCUT2D eigenvalue weighted by Gasteiger charge is -2.43. The number of hydrogen-bond donors (Lipinski definition) is 1. The van der Waals surface area contributed by atoms with Gasteiger partial charge in [0.2, 0.25) is 5.91 Å². The Morgan fingerprint density at radius 2 is 1.81 bits per heavy atom. The predicted octanol–water partition coefficient (Wildman–Crippen LogP) is 2.76. The Morgan fingerprint density at radius 1 is 1.08 bits per heavy atom. The molecule has 4 rings (SSSR count). The van der Waals surface area contributed by atoms with E-state index in [9.17, 15) is 9.59 Å². The molecule has 1 atom stereocenters. The number of aromatic nitrogens is 2. The molecule has 0 bridgehead atoms. The first-order chi connectivity index (χ1) is 12.6. The number of primary amides is 1. The summed E-state index contributed by atoms with van der Waals surface area (Å²) in [5, 5.41) is 0.455. The van der Waals surface area contributed by atoms with Crippen LogP contribution < -0.4 is 11.3 Å². The smallest absolute Gasteiger partial charge is 0.276 e. The highest BCUT2D eigenvalue weighted by Crippen LogP contribution is 2.33. The third-order valence-corrected chi connectivity index (χ3v) is 6.24. The second kappa shape index (κ2) is 6.91. The van der Waals surface area contributed by atoms with E-state index in [1.165, 1.54) is 38.5 Å². The Kier molecular flexibility index (Phi) is 4.61. The molecule has 2 aliphatic rings. The standard InChI is InChI=1S/C20H28N4O2/c1-22-16-11-7-10-15(19(21)25)18(16)20(26)24(22)17-12-5-6-13-23(17)14-8-3-2-4-9-14/h7,10-11,14,17H,2-6,8-9,12-13H2,1H3,(H2,21,25). The summed E-state index contributed by atoms with van der Waals surface area (Å²) < 4.78 is 3.79. The minimum Gasteiger partial charge on any atom is -0.366 e. The van der Waals surface area contributed by atoms with Crippen molar-refractivity contribution in [1.82, 2.24) is 14.3 Å². The Hall–Kier alpha value is -2.08. The van der Waals surface area contributed by atoms with E-state index in [0.717, 1.165) is 24.9 Å². The molecule has 1 aliphatic heterocycles. The van der Waals surface area contributed by atoms with Gasteiger partial charge in [0.25, 0.3) is 5.56 Å². The first-order valence-electron chi connectivity index (χ1n) is 9.85. The molecule has 6 nitrogen and oxygen atoms in total. The summed E-state index contributed by atoms with van der Waals surface area (Å²) in [7, 11) is 1.92. The van der Waals surface area contributed by atoms with Gasteiger partial charge in [0, 0.05) is 19.6 Å². The van der Waals surface area contributed by atoms with Crippen LogP contribution in [0.1, 0.15) is 67.9 Å². The number of nitrogens with zero attached hydrogens (tertiary/aromatic N) is 3. The average Bonchev–Trinajstić information content (AvgIpc) is 2.93. The normalized spacial score (nSPS) is 22.7. The van der Waals surface area contributed by atoms with Crippen molar-refractivity contribution in [2.75, 3.05) is 6.54 Å². The average molecular weight is 356 g/mol. The van der Waals surface area contributed by atoms with Gasteiger partial charge in [-0.2, -0.15) is 0 Å². The molecule has 1 amide bonds. The number of amides is 1. The lowest BCUT2D eigenvalue weighted by molar-refractivity contribution is 0.0188. The van der Waals surface area contributed by atoms with E-state index in [1.54, 1.807) is 12.1 Å². The van der Waals surface area contributed by atoms with E-state index in [0.29, 0.717) is 17.0 Å². The van der Waals surface area contributed by atoms with Crippen molar-refractivity contribution in [1.29, 1.82) is 0 Å². The number of carbonyl (C=O) groups is 1. The zero-order chi connectivity index (χ0) is 18.3. The number of piperidine rings is 1. The summed E-state index contributed by atoms with van der Waals surface area (Å²) in [5.41, 5.74) is 6.53. The van der Waals surface area contributed by atoms with Crippen LogP contribution in [0.2, 0.25) is 0 Å². The number of rotatable bonds is 3. The van der Waals surface area contributed by atoms with Crippen LogP contribution in [0.4, 0.5) is 0 Å². The first kappa shape index (κ1) is 17.3. The van der Waals surface area contributed by atoms with E-state index in [4.69, 9.17) is 5.73 Å². The second-order valence-electron chi connectivity index (χ2n) is 7.74. The molecule has 2 aromatic rings. The van der Waals surface area contributed by atoms with Gasteiger partial charge in [-0.15, -0.1) is 0 Å². The van der Waals surface area contributed by atoms with Gasteiger partial charge in [-0.1, -0.05) is 25.3 Å². The first-order valence-corrected chi connectivity index (χ1v) is 9.85. The molecule has 1 aromatic heterocycles. The van der Waals surface area contributed by atoms with Crippen molar-refractivity contribution in [3.8, 4) is 0 Å². The van der Waals surface area contributed by atoms with Crippen molar-refractivity contribution in [3.63, 3.8) is 0 Å². The van der Waals surface area contributed by atoms with E-state index in [-0.39, 0.29) is 11.7 Å². The third-order valence-electron chi connectivity index (χ3n) is 6.24. The molecule has 1 aromatic carbocycles. The molecule has 140 valence electrons. The summed E-state index contributed by atoms with van der Waals surface area (Å²) in [4.78, 5) is 27.7. The van der Waals surface area contributed by atoms with Crippen LogP contribution in [-0.2, 0) is 7.05 Å². The number of aryl methyl sites for hydroxylation is 1. The number of fused-ring (bicyclic) bond motifs is 1. The molecule has 2 fully saturated rings. The lowest BCUT2D eigenvalue weighted by Crippen LogP contribution is -2.48. The fourth-order valence-corrected chi connectivity index (χ4v) is 4.98. The maximum atomic E-state index is 13.3. The fraction of sp³-hybridized carbons (Fsp3) is 0.600. The minimum atomic E-state index is -0.543. The summed E-state index contributed by atoms with van der Waals surface area (Å²) in [6.07, 6.45) is 9.70. The number of benzene rings is 1. The highest BCUT2D eigenvalue weighted by molar-refractivity contribution is 6.05. The molecule has 1 unspecified atom stereocenters. The minimum absolute atomic E-state index is 0.0671. The van der Waals surface area contributed by atoms with Crippen molar-refractivity contribution >= 4 is 16.8 Å². The number of hydrogen-bond acceptors (Lipinski definition) is 3. The van der Waals surface area contributed by atoms with Crippen LogP contribution in [0.5, 0.6) is 0 Å². The Balaban J connectivity index is 1.83. The van der Waals surface area contributed by atoms with Crippen LogP contribution >= 0.6 is 0 Å². The molecule has 2 heterocycles. The molecule has 0 spiro atoms. The predicted molar refractivity (Wildman–Crippen MR) is 102 cm³/mol. The highest BCUT2D eigenvalue weighted by Gasteiger charge is 2.33. The van der Waals surface area contributed by atoms with Crippen LogP contribution in [0, 0.1) is 0 Å². The van der Waals surface area contributed by atoms with Crippen LogP contribution in [0.15, 0.2) is 23.0 Å². The molecular weight excluding hydrogens is 328 g/mol. The fourth-order valence-electron chi connectivity index (χ4n) is 4.98. The maximum Gasteiger partial charge on any atom is 0.276 e. The van der Waals surface area contributed by atoms with Gasteiger partial charge in [0.05, 0.1) is 16.5 Å². The van der Waals surface area contributed by atoms with Gasteiger partial charge >= 0.3 is 0 Å². The van der Waals surface area contributed by atoms with Gasteiger partial charge < -0.3 is 5.73 Å². The van der Waals surface area contributed by atoms with Crippen LogP contribution in [0.3, 0.4) is 0 Å². The van der Waals surface area contributed by atoms with Crippen molar-refractivity contribution < 1.29 is 4.79 Å². The monoisotopic (exact) mass is 356 g/mol. The molecule has 1 saturated heterocycles. The van der Waals surface area contributed by atoms with E-state index in [1.807, 2.05) is 22.5 Å². The zero-order valence-corrected chi connectivity index (χ0v) is 15.5. The summed E-state index contributed by atoms with van der Waals surface area (Å²) in [5.74, 6) is -0.543. The number of likely N-dealkylation sites (tertiary alicyclic amines) is 1. The largest absolute Gasteiger partial charge is 0.366 e. The van der Waals surface area contributed by atoms with Gasteiger partial charge in [-0.05, 0) is 44.2 Å². The van der Waals surface area contributed by atoms with Gasteiger partial charge in [-0.25, -0.2) is 4.68 Å². The highest BCUT2D eigenvalue weighted by atomic mass is 16.1.